The lowest BCUT2D eigenvalue weighted by molar-refractivity contribution is -0.171. The fourth-order valence-electron chi connectivity index (χ4n) is 1.52. The molecule has 4 nitrogen and oxygen atoms in total. The van der Waals surface area contributed by atoms with E-state index in [1.54, 1.807) is 0 Å². The molecule has 1 amide bonds. The van der Waals surface area contributed by atoms with Crippen molar-refractivity contribution in [1.82, 2.24) is 4.98 Å². The molecule has 0 aliphatic rings. The monoisotopic (exact) mass is 262 g/mol. The van der Waals surface area contributed by atoms with Gasteiger partial charge in [-0.3, -0.25) is 14.7 Å². The summed E-state index contributed by atoms with van der Waals surface area (Å²) in [6, 6.07) is 2.11. The van der Waals surface area contributed by atoms with Gasteiger partial charge in [-0.2, -0.15) is 13.2 Å². The number of anilines is 1. The van der Waals surface area contributed by atoms with Crippen LogP contribution in [0.15, 0.2) is 24.5 Å². The van der Waals surface area contributed by atoms with Gasteiger partial charge >= 0.3 is 12.1 Å². The van der Waals surface area contributed by atoms with Crippen LogP contribution in [-0.2, 0) is 9.53 Å². The normalized spacial score (nSPS) is 13.2. The molecule has 0 spiro atoms. The first kappa shape index (κ1) is 14.4. The first-order chi connectivity index (χ1) is 8.38. The van der Waals surface area contributed by atoms with Crippen molar-refractivity contribution in [3.05, 3.63) is 24.5 Å². The van der Waals surface area contributed by atoms with E-state index in [-0.39, 0.29) is 12.3 Å². The first-order valence-corrected chi connectivity index (χ1v) is 5.17. The Labute approximate surface area is 102 Å². The quantitative estimate of drug-likeness (QED) is 0.833. The van der Waals surface area contributed by atoms with E-state index in [2.05, 4.69) is 4.98 Å². The predicted molar refractivity (Wildman–Crippen MR) is 59.1 cm³/mol. The molecule has 0 aromatic carbocycles. The number of nitrogens with zero attached hydrogens (tertiary/aromatic N) is 2. The number of ether oxygens (including phenoxy) is 1. The minimum absolute atomic E-state index is 0.00326. The topological polar surface area (TPSA) is 42.4 Å². The highest BCUT2D eigenvalue weighted by molar-refractivity contribution is 5.97. The number of aromatic nitrogens is 1. The summed E-state index contributed by atoms with van der Waals surface area (Å²) < 4.78 is 42.4. The number of carbonyl (C=O) groups is 1. The maximum absolute atomic E-state index is 12.5. The molecular weight excluding hydrogens is 249 g/mol. The lowest BCUT2D eigenvalue weighted by Gasteiger charge is -2.29. The first-order valence-electron chi connectivity index (χ1n) is 5.17. The van der Waals surface area contributed by atoms with E-state index in [0.29, 0.717) is 4.90 Å². The Morgan fingerprint density at radius 2 is 2.22 bits per heavy atom. The Balaban J connectivity index is 3.07. The van der Waals surface area contributed by atoms with Gasteiger partial charge in [0.25, 0.3) is 0 Å². The number of pyridine rings is 1. The summed E-state index contributed by atoms with van der Waals surface area (Å²) in [4.78, 5) is 15.7. The minimum atomic E-state index is -4.93. The zero-order valence-corrected chi connectivity index (χ0v) is 9.94. The molecule has 0 bridgehead atoms. The van der Waals surface area contributed by atoms with Crippen molar-refractivity contribution in [1.29, 1.82) is 0 Å². The molecule has 1 atom stereocenters. The fourth-order valence-corrected chi connectivity index (χ4v) is 1.52. The van der Waals surface area contributed by atoms with Crippen LogP contribution in [0.1, 0.15) is 6.92 Å². The number of halogens is 3. The van der Waals surface area contributed by atoms with Crippen molar-refractivity contribution in [2.75, 3.05) is 18.6 Å². The molecule has 1 rings (SSSR count). The van der Waals surface area contributed by atoms with E-state index in [9.17, 15) is 18.0 Å². The van der Waals surface area contributed by atoms with Gasteiger partial charge in [-0.05, 0) is 19.1 Å². The van der Waals surface area contributed by atoms with Crippen LogP contribution in [0.25, 0.3) is 0 Å². The fraction of sp³-hybridized carbons (Fsp3) is 0.455. The van der Waals surface area contributed by atoms with Gasteiger partial charge in [-0.15, -0.1) is 0 Å². The lowest BCUT2D eigenvalue weighted by atomic mass is 10.2. The lowest BCUT2D eigenvalue weighted by Crippen LogP contribution is -2.48. The summed E-state index contributed by atoms with van der Waals surface area (Å²) in [6.45, 7) is 1.47. The van der Waals surface area contributed by atoms with E-state index in [1.165, 1.54) is 38.6 Å². The highest BCUT2D eigenvalue weighted by Gasteiger charge is 2.44. The van der Waals surface area contributed by atoms with E-state index >= 15 is 0 Å². The van der Waals surface area contributed by atoms with Gasteiger partial charge in [0.1, 0.15) is 0 Å². The Bertz CT molecular complexity index is 395. The number of methoxy groups -OCH3 is 1. The molecule has 0 aliphatic carbocycles. The third-order valence-corrected chi connectivity index (χ3v) is 2.23. The molecule has 0 N–H and O–H groups in total. The summed E-state index contributed by atoms with van der Waals surface area (Å²) >= 11 is 0. The van der Waals surface area contributed by atoms with E-state index in [4.69, 9.17) is 4.74 Å². The Kier molecular flexibility index (Phi) is 4.66. The molecule has 7 heteroatoms. The Hall–Kier alpha value is -1.63. The molecule has 0 saturated carbocycles. The third-order valence-electron chi connectivity index (χ3n) is 2.23. The molecule has 100 valence electrons. The number of carbonyl (C=O) groups excluding carboxylic acids is 1. The van der Waals surface area contributed by atoms with Crippen LogP contribution >= 0.6 is 0 Å². The van der Waals surface area contributed by atoms with Crippen LogP contribution in [0, 0.1) is 0 Å². The van der Waals surface area contributed by atoms with Gasteiger partial charge in [0.2, 0.25) is 0 Å². The third kappa shape index (κ3) is 3.43. The van der Waals surface area contributed by atoms with E-state index < -0.39 is 18.1 Å². The van der Waals surface area contributed by atoms with Crippen molar-refractivity contribution in [3.63, 3.8) is 0 Å². The van der Waals surface area contributed by atoms with Crippen molar-refractivity contribution in [2.45, 2.75) is 19.1 Å². The largest absolute Gasteiger partial charge is 0.471 e. The second-order valence-corrected chi connectivity index (χ2v) is 3.69. The smallest absolute Gasteiger partial charge is 0.383 e. The van der Waals surface area contributed by atoms with E-state index in [0.717, 1.165) is 0 Å². The molecule has 1 unspecified atom stereocenters. The highest BCUT2D eigenvalue weighted by Crippen LogP contribution is 2.25. The van der Waals surface area contributed by atoms with Crippen molar-refractivity contribution in [3.8, 4) is 0 Å². The van der Waals surface area contributed by atoms with Crippen LogP contribution in [0.3, 0.4) is 0 Å². The molecule has 0 aliphatic heterocycles. The summed E-state index contributed by atoms with van der Waals surface area (Å²) in [5.41, 5.74) is 0.0874. The van der Waals surface area contributed by atoms with Crippen LogP contribution in [0.2, 0.25) is 0 Å². The standard InChI is InChI=1S/C11H13F3N2O2/c1-8(7-18-2)16(10(17)11(12,13)14)9-4-3-5-15-6-9/h3-6,8H,7H2,1-2H3. The van der Waals surface area contributed by atoms with E-state index in [1.807, 2.05) is 0 Å². The Morgan fingerprint density at radius 1 is 1.56 bits per heavy atom. The summed E-state index contributed by atoms with van der Waals surface area (Å²) in [7, 11) is 1.36. The van der Waals surface area contributed by atoms with Gasteiger partial charge in [0.15, 0.2) is 0 Å². The van der Waals surface area contributed by atoms with Gasteiger partial charge in [-0.1, -0.05) is 0 Å². The van der Waals surface area contributed by atoms with Gasteiger partial charge < -0.3 is 4.74 Å². The number of hydrogen-bond acceptors (Lipinski definition) is 3. The average molecular weight is 262 g/mol. The van der Waals surface area contributed by atoms with Gasteiger partial charge in [0.05, 0.1) is 24.5 Å². The number of amides is 1. The highest BCUT2D eigenvalue weighted by atomic mass is 19.4. The van der Waals surface area contributed by atoms with Gasteiger partial charge in [-0.25, -0.2) is 0 Å². The maximum atomic E-state index is 12.5. The number of hydrogen-bond donors (Lipinski definition) is 0. The molecule has 18 heavy (non-hydrogen) atoms. The van der Waals surface area contributed by atoms with Crippen LogP contribution in [0.4, 0.5) is 18.9 Å². The zero-order chi connectivity index (χ0) is 13.8. The number of alkyl halides is 3. The second kappa shape index (κ2) is 5.81. The van der Waals surface area contributed by atoms with Crippen LogP contribution in [-0.4, -0.2) is 36.8 Å². The molecule has 0 saturated heterocycles. The second-order valence-electron chi connectivity index (χ2n) is 3.69. The van der Waals surface area contributed by atoms with Crippen molar-refractivity contribution < 1.29 is 22.7 Å². The van der Waals surface area contributed by atoms with Crippen molar-refractivity contribution in [2.24, 2.45) is 0 Å². The zero-order valence-electron chi connectivity index (χ0n) is 9.94. The average Bonchev–Trinajstić information content (AvgIpc) is 2.29. The SMILES string of the molecule is COCC(C)N(C(=O)C(F)(F)F)c1cccnc1. The summed E-state index contributed by atoms with van der Waals surface area (Å²) in [5.74, 6) is -1.93. The Morgan fingerprint density at radius 3 is 2.67 bits per heavy atom. The minimum Gasteiger partial charge on any atom is -0.383 e. The molecule has 1 aromatic heterocycles. The molecule has 0 fully saturated rings. The van der Waals surface area contributed by atoms with Crippen molar-refractivity contribution >= 4 is 11.6 Å². The molecule has 0 radical (unpaired) electrons. The number of rotatable bonds is 4. The maximum Gasteiger partial charge on any atom is 0.471 e. The van der Waals surface area contributed by atoms with Crippen LogP contribution in [0.5, 0.6) is 0 Å². The summed E-state index contributed by atoms with van der Waals surface area (Å²) in [5, 5.41) is 0. The van der Waals surface area contributed by atoms with Gasteiger partial charge in [0, 0.05) is 13.3 Å². The summed E-state index contributed by atoms with van der Waals surface area (Å²) in [6.07, 6.45) is -2.31. The molecule has 1 heterocycles. The predicted octanol–water partition coefficient (Wildman–Crippen LogP) is 2.01. The molecular formula is C11H13F3N2O2. The molecule has 1 aromatic rings. The van der Waals surface area contributed by atoms with Crippen LogP contribution < -0.4 is 4.90 Å².